The van der Waals surface area contributed by atoms with Gasteiger partial charge in [-0.25, -0.2) is 4.68 Å². The fourth-order valence-electron chi connectivity index (χ4n) is 3.85. The predicted octanol–water partition coefficient (Wildman–Crippen LogP) is 3.88. The van der Waals surface area contributed by atoms with Gasteiger partial charge in [0.05, 0.1) is 6.20 Å². The van der Waals surface area contributed by atoms with Crippen molar-refractivity contribution in [1.82, 2.24) is 14.7 Å². The van der Waals surface area contributed by atoms with Crippen LogP contribution in [-0.4, -0.2) is 45.2 Å². The number of nitrogens with one attached hydrogen (secondary N) is 1. The molecular formula is C22H30N4O3. The number of piperidine rings is 1. The second kappa shape index (κ2) is 9.11. The first-order valence-corrected chi connectivity index (χ1v) is 10.3. The van der Waals surface area contributed by atoms with Gasteiger partial charge in [0.15, 0.2) is 6.61 Å². The molecule has 1 saturated heterocycles. The van der Waals surface area contributed by atoms with Crippen LogP contribution < -0.4 is 10.1 Å². The van der Waals surface area contributed by atoms with Crippen molar-refractivity contribution in [3.05, 3.63) is 42.1 Å². The number of amides is 2. The Bertz CT molecular complexity index is 834. The van der Waals surface area contributed by atoms with Crippen molar-refractivity contribution >= 4 is 17.6 Å². The maximum Gasteiger partial charge on any atom is 0.260 e. The lowest BCUT2D eigenvalue weighted by molar-refractivity contribution is -0.139. The Morgan fingerprint density at radius 3 is 2.41 bits per heavy atom. The quantitative estimate of drug-likeness (QED) is 0.801. The summed E-state index contributed by atoms with van der Waals surface area (Å²) in [5, 5.41) is 7.08. The molecule has 0 spiro atoms. The molecule has 2 heterocycles. The zero-order valence-corrected chi connectivity index (χ0v) is 17.6. The van der Waals surface area contributed by atoms with Crippen LogP contribution in [0.3, 0.4) is 0 Å². The van der Waals surface area contributed by atoms with E-state index >= 15 is 0 Å². The number of carbonyl (C=O) groups excluding carboxylic acids is 2. The smallest absolute Gasteiger partial charge is 0.260 e. The highest BCUT2D eigenvalue weighted by molar-refractivity contribution is 6.03. The van der Waals surface area contributed by atoms with Crippen LogP contribution in [0.25, 0.3) is 0 Å². The van der Waals surface area contributed by atoms with Crippen LogP contribution in [0, 0.1) is 0 Å². The average Bonchev–Trinajstić information content (AvgIpc) is 3.15. The molecule has 0 aliphatic carbocycles. The van der Waals surface area contributed by atoms with E-state index in [2.05, 4.69) is 24.3 Å². The third-order valence-corrected chi connectivity index (χ3v) is 5.36. The zero-order valence-electron chi connectivity index (χ0n) is 17.6. The number of carbonyl (C=O) groups is 2. The summed E-state index contributed by atoms with van der Waals surface area (Å²) in [4.78, 5) is 27.0. The third-order valence-electron chi connectivity index (χ3n) is 5.36. The Morgan fingerprint density at radius 1 is 1.14 bits per heavy atom. The second-order valence-electron chi connectivity index (χ2n) is 7.95. The lowest BCUT2D eigenvalue weighted by Gasteiger charge is -2.38. The number of hydrogen-bond acceptors (Lipinski definition) is 4. The van der Waals surface area contributed by atoms with E-state index in [-0.39, 0.29) is 36.5 Å². The fourth-order valence-corrected chi connectivity index (χ4v) is 3.85. The highest BCUT2D eigenvalue weighted by Crippen LogP contribution is 2.23. The van der Waals surface area contributed by atoms with Gasteiger partial charge in [-0.15, -0.1) is 0 Å². The van der Waals surface area contributed by atoms with E-state index in [9.17, 15) is 9.59 Å². The van der Waals surface area contributed by atoms with E-state index < -0.39 is 0 Å². The Labute approximate surface area is 172 Å². The molecular weight excluding hydrogens is 368 g/mol. The van der Waals surface area contributed by atoms with Gasteiger partial charge in [-0.2, -0.15) is 5.10 Å². The van der Waals surface area contributed by atoms with Gasteiger partial charge in [-0.05, 0) is 71.2 Å². The van der Waals surface area contributed by atoms with Gasteiger partial charge in [0, 0.05) is 29.8 Å². The predicted molar refractivity (Wildman–Crippen MR) is 112 cm³/mol. The van der Waals surface area contributed by atoms with Gasteiger partial charge in [0.2, 0.25) is 0 Å². The number of rotatable bonds is 6. The number of anilines is 1. The number of hydrogen-bond donors (Lipinski definition) is 1. The molecule has 2 amide bonds. The normalized spacial score (nSPS) is 19.3. The maximum absolute atomic E-state index is 12.6. The van der Waals surface area contributed by atoms with E-state index in [1.54, 1.807) is 41.2 Å². The maximum atomic E-state index is 12.6. The minimum atomic E-state index is -0.217. The number of aromatic nitrogens is 2. The van der Waals surface area contributed by atoms with Gasteiger partial charge in [-0.3, -0.25) is 9.59 Å². The van der Waals surface area contributed by atoms with E-state index in [4.69, 9.17) is 4.74 Å². The first-order valence-electron chi connectivity index (χ1n) is 10.3. The molecule has 1 aliphatic rings. The van der Waals surface area contributed by atoms with Crippen LogP contribution in [0.5, 0.6) is 5.75 Å². The highest BCUT2D eigenvalue weighted by Gasteiger charge is 2.29. The van der Waals surface area contributed by atoms with Crippen LogP contribution in [-0.2, 0) is 4.79 Å². The SMILES string of the molecule is CC1CCCC(C)N1C(=O)COc1ccc(C(=O)Nc2ccnn2C(C)C)cc1. The summed E-state index contributed by atoms with van der Waals surface area (Å²) in [6, 6.07) is 9.23. The lowest BCUT2D eigenvalue weighted by Crippen LogP contribution is -2.49. The highest BCUT2D eigenvalue weighted by atomic mass is 16.5. The number of ether oxygens (including phenoxy) is 1. The molecule has 0 saturated carbocycles. The minimum Gasteiger partial charge on any atom is -0.484 e. The Hall–Kier alpha value is -2.83. The largest absolute Gasteiger partial charge is 0.484 e. The molecule has 7 nitrogen and oxygen atoms in total. The van der Waals surface area contributed by atoms with Gasteiger partial charge < -0.3 is 15.0 Å². The summed E-state index contributed by atoms with van der Waals surface area (Å²) < 4.78 is 7.43. The van der Waals surface area contributed by atoms with Crippen LogP contribution >= 0.6 is 0 Å². The Kier molecular flexibility index (Phi) is 6.56. The van der Waals surface area contributed by atoms with Crippen molar-refractivity contribution in [3.8, 4) is 5.75 Å². The Morgan fingerprint density at radius 2 is 1.79 bits per heavy atom. The molecule has 2 unspecified atom stereocenters. The number of benzene rings is 1. The summed E-state index contributed by atoms with van der Waals surface area (Å²) >= 11 is 0. The molecule has 2 aromatic rings. The van der Waals surface area contributed by atoms with Crippen molar-refractivity contribution < 1.29 is 14.3 Å². The van der Waals surface area contributed by atoms with Crippen molar-refractivity contribution in [3.63, 3.8) is 0 Å². The van der Waals surface area contributed by atoms with Crippen molar-refractivity contribution in [2.24, 2.45) is 0 Å². The molecule has 3 rings (SSSR count). The minimum absolute atomic E-state index is 0.00773. The summed E-state index contributed by atoms with van der Waals surface area (Å²) in [5.74, 6) is 1.01. The van der Waals surface area contributed by atoms with Gasteiger partial charge in [0.1, 0.15) is 11.6 Å². The molecule has 1 N–H and O–H groups in total. The van der Waals surface area contributed by atoms with E-state index in [0.717, 1.165) is 19.3 Å². The van der Waals surface area contributed by atoms with Crippen LogP contribution in [0.15, 0.2) is 36.5 Å². The van der Waals surface area contributed by atoms with E-state index in [0.29, 0.717) is 17.1 Å². The van der Waals surface area contributed by atoms with Gasteiger partial charge in [0.25, 0.3) is 11.8 Å². The molecule has 1 fully saturated rings. The molecule has 1 aliphatic heterocycles. The molecule has 156 valence electrons. The van der Waals surface area contributed by atoms with Gasteiger partial charge >= 0.3 is 0 Å². The zero-order chi connectivity index (χ0) is 21.0. The molecule has 2 atom stereocenters. The van der Waals surface area contributed by atoms with Gasteiger partial charge in [-0.1, -0.05) is 0 Å². The van der Waals surface area contributed by atoms with Crippen LogP contribution in [0.4, 0.5) is 5.82 Å². The first kappa shape index (κ1) is 20.9. The number of nitrogens with zero attached hydrogens (tertiary/aromatic N) is 3. The standard InChI is InChI=1S/C22H30N4O3/c1-15(2)26-20(12-13-23-26)24-22(28)18-8-10-19(11-9-18)29-14-21(27)25-16(3)6-5-7-17(25)4/h8-13,15-17H,5-7,14H2,1-4H3,(H,24,28). The van der Waals surface area contributed by atoms with Crippen molar-refractivity contribution in [2.75, 3.05) is 11.9 Å². The topological polar surface area (TPSA) is 76.5 Å². The second-order valence-corrected chi connectivity index (χ2v) is 7.95. The molecule has 7 heteroatoms. The van der Waals surface area contributed by atoms with E-state index in [1.807, 2.05) is 18.7 Å². The summed E-state index contributed by atoms with van der Waals surface area (Å²) in [6.45, 7) is 8.19. The number of likely N-dealkylation sites (tertiary alicyclic amines) is 1. The van der Waals surface area contributed by atoms with Crippen LogP contribution in [0.2, 0.25) is 0 Å². The monoisotopic (exact) mass is 398 g/mol. The molecule has 1 aromatic heterocycles. The van der Waals surface area contributed by atoms with Crippen molar-refractivity contribution in [2.45, 2.75) is 65.1 Å². The lowest BCUT2D eigenvalue weighted by atomic mass is 9.97. The van der Waals surface area contributed by atoms with Crippen molar-refractivity contribution in [1.29, 1.82) is 0 Å². The fraction of sp³-hybridized carbons (Fsp3) is 0.500. The average molecular weight is 399 g/mol. The van der Waals surface area contributed by atoms with E-state index in [1.165, 1.54) is 0 Å². The molecule has 0 bridgehead atoms. The molecule has 1 aromatic carbocycles. The van der Waals surface area contributed by atoms with Crippen LogP contribution in [0.1, 0.15) is 63.4 Å². The Balaban J connectivity index is 1.56. The third kappa shape index (κ3) is 4.96. The first-order chi connectivity index (χ1) is 13.9. The summed E-state index contributed by atoms with van der Waals surface area (Å²) in [7, 11) is 0. The summed E-state index contributed by atoms with van der Waals surface area (Å²) in [5.41, 5.74) is 0.512. The summed E-state index contributed by atoms with van der Waals surface area (Å²) in [6.07, 6.45) is 4.90. The molecule has 29 heavy (non-hydrogen) atoms. The molecule has 0 radical (unpaired) electrons.